The molecule has 0 spiro atoms. The van der Waals surface area contributed by atoms with Crippen LogP contribution in [0.15, 0.2) is 18.3 Å². The Kier molecular flexibility index (Phi) is 6.64. The van der Waals surface area contributed by atoms with Gasteiger partial charge in [0.25, 0.3) is 10.1 Å². The zero-order valence-electron chi connectivity index (χ0n) is 13.7. The summed E-state index contributed by atoms with van der Waals surface area (Å²) in [6.07, 6.45) is -1.62. The molecule has 0 aromatic carbocycles. The van der Waals surface area contributed by atoms with Crippen molar-refractivity contribution in [2.45, 2.75) is 25.4 Å². The first-order chi connectivity index (χ1) is 11.6. The number of pyridine rings is 1. The zero-order valence-corrected chi connectivity index (χ0v) is 14.6. The van der Waals surface area contributed by atoms with Gasteiger partial charge in [0.1, 0.15) is 5.82 Å². The van der Waals surface area contributed by atoms with E-state index < -0.39 is 21.9 Å². The highest BCUT2D eigenvalue weighted by atomic mass is 32.2. The third-order valence-electron chi connectivity index (χ3n) is 4.11. The smallest absolute Gasteiger partial charge is 0.355 e. The average Bonchev–Trinajstić information content (AvgIpc) is 2.76. The van der Waals surface area contributed by atoms with E-state index in [0.29, 0.717) is 31.7 Å². The first-order valence-electron chi connectivity index (χ1n) is 8.11. The lowest BCUT2D eigenvalue weighted by atomic mass is 10.2. The number of anilines is 1. The van der Waals surface area contributed by atoms with Gasteiger partial charge in [-0.25, -0.2) is 4.98 Å². The van der Waals surface area contributed by atoms with Crippen molar-refractivity contribution in [1.29, 1.82) is 0 Å². The van der Waals surface area contributed by atoms with E-state index >= 15 is 0 Å². The molecule has 0 bridgehead atoms. The van der Waals surface area contributed by atoms with Gasteiger partial charge in [0, 0.05) is 25.8 Å². The lowest BCUT2D eigenvalue weighted by Crippen LogP contribution is -2.32. The van der Waals surface area contributed by atoms with Gasteiger partial charge in [-0.1, -0.05) is 0 Å². The minimum absolute atomic E-state index is 0.234. The first kappa shape index (κ1) is 19.9. The molecule has 2 rings (SSSR count). The van der Waals surface area contributed by atoms with Gasteiger partial charge in [-0.2, -0.15) is 21.6 Å². The highest BCUT2D eigenvalue weighted by molar-refractivity contribution is 7.85. The van der Waals surface area contributed by atoms with Crippen LogP contribution in [0.5, 0.6) is 0 Å². The monoisotopic (exact) mass is 381 g/mol. The highest BCUT2D eigenvalue weighted by Crippen LogP contribution is 2.29. The fourth-order valence-corrected chi connectivity index (χ4v) is 3.35. The molecular formula is C15H22F3N3O3S. The summed E-state index contributed by atoms with van der Waals surface area (Å²) in [7, 11) is -3.91. The van der Waals surface area contributed by atoms with Crippen LogP contribution in [-0.2, 0) is 16.3 Å². The maximum atomic E-state index is 12.6. The maximum Gasteiger partial charge on any atom is 0.417 e. The Bertz CT molecular complexity index is 650. The van der Waals surface area contributed by atoms with Crippen molar-refractivity contribution in [2.24, 2.45) is 0 Å². The molecule has 142 valence electrons. The third kappa shape index (κ3) is 6.79. The van der Waals surface area contributed by atoms with E-state index in [1.807, 2.05) is 4.90 Å². The molecule has 0 aliphatic carbocycles. The number of nitrogens with zero attached hydrogens (tertiary/aromatic N) is 3. The molecule has 2 heterocycles. The van der Waals surface area contributed by atoms with Gasteiger partial charge in [0.2, 0.25) is 0 Å². The average molecular weight is 381 g/mol. The molecule has 0 atom stereocenters. The fourth-order valence-electron chi connectivity index (χ4n) is 2.78. The molecule has 25 heavy (non-hydrogen) atoms. The van der Waals surface area contributed by atoms with Crippen molar-refractivity contribution in [2.75, 3.05) is 43.4 Å². The predicted molar refractivity (Wildman–Crippen MR) is 88.2 cm³/mol. The van der Waals surface area contributed by atoms with E-state index in [2.05, 4.69) is 9.88 Å². The summed E-state index contributed by atoms with van der Waals surface area (Å²) >= 11 is 0. The fraction of sp³-hybridized carbons (Fsp3) is 0.667. The minimum Gasteiger partial charge on any atom is -0.355 e. The molecule has 1 saturated heterocycles. The molecule has 1 N–H and O–H groups in total. The summed E-state index contributed by atoms with van der Waals surface area (Å²) < 4.78 is 67.8. The predicted octanol–water partition coefficient (Wildman–Crippen LogP) is 2.28. The second-order valence-corrected chi connectivity index (χ2v) is 7.65. The molecule has 1 aliphatic rings. The van der Waals surface area contributed by atoms with Crippen LogP contribution in [-0.4, -0.2) is 61.3 Å². The summed E-state index contributed by atoms with van der Waals surface area (Å²) in [5.74, 6) is 0.295. The Labute approximate surface area is 145 Å². The van der Waals surface area contributed by atoms with Crippen molar-refractivity contribution < 1.29 is 26.1 Å². The largest absolute Gasteiger partial charge is 0.417 e. The van der Waals surface area contributed by atoms with Crippen LogP contribution in [0.25, 0.3) is 0 Å². The number of halogens is 3. The molecule has 1 aliphatic heterocycles. The van der Waals surface area contributed by atoms with Gasteiger partial charge >= 0.3 is 6.18 Å². The quantitative estimate of drug-likeness (QED) is 0.602. The summed E-state index contributed by atoms with van der Waals surface area (Å²) in [5.41, 5.74) is -0.758. The lowest BCUT2D eigenvalue weighted by Gasteiger charge is -2.23. The molecule has 0 saturated carbocycles. The maximum absolute atomic E-state index is 12.6. The molecule has 10 heteroatoms. The van der Waals surface area contributed by atoms with Crippen LogP contribution in [0.1, 0.15) is 24.8 Å². The van der Waals surface area contributed by atoms with Crippen LogP contribution in [0.3, 0.4) is 0 Å². The van der Waals surface area contributed by atoms with Crippen LogP contribution in [0, 0.1) is 0 Å². The second kappa shape index (κ2) is 8.33. The number of aromatic nitrogens is 1. The standard InChI is InChI=1S/C15H22F3N3O3S/c16-15(17,18)13-4-5-14(19-12-13)21-8-3-7-20(9-10-21)6-1-2-11-25(22,23)24/h4-5,12H,1-3,6-11H2,(H,22,23,24). The van der Waals surface area contributed by atoms with E-state index in [4.69, 9.17) is 4.55 Å². The van der Waals surface area contributed by atoms with Gasteiger partial charge in [-0.05, 0) is 44.5 Å². The van der Waals surface area contributed by atoms with Crippen molar-refractivity contribution in [3.63, 3.8) is 0 Å². The molecule has 0 radical (unpaired) electrons. The van der Waals surface area contributed by atoms with E-state index in [1.54, 1.807) is 0 Å². The number of hydrogen-bond donors (Lipinski definition) is 1. The van der Waals surface area contributed by atoms with E-state index in [9.17, 15) is 21.6 Å². The minimum atomic E-state index is -4.39. The molecule has 1 aromatic rings. The Hall–Kier alpha value is -1.39. The van der Waals surface area contributed by atoms with Gasteiger partial charge in [0.05, 0.1) is 11.3 Å². The molecule has 0 unspecified atom stereocenters. The first-order valence-corrected chi connectivity index (χ1v) is 9.72. The number of rotatable bonds is 6. The SMILES string of the molecule is O=S(=O)(O)CCCCN1CCCN(c2ccc(C(F)(F)F)cn2)CC1. The summed E-state index contributed by atoms with van der Waals surface area (Å²) in [6.45, 7) is 3.65. The molecule has 0 amide bonds. The highest BCUT2D eigenvalue weighted by Gasteiger charge is 2.31. The normalized spacial score (nSPS) is 17.5. The van der Waals surface area contributed by atoms with Gasteiger partial charge in [-0.3, -0.25) is 4.55 Å². The Morgan fingerprint density at radius 2 is 1.88 bits per heavy atom. The van der Waals surface area contributed by atoms with Crippen LogP contribution in [0.4, 0.5) is 19.0 Å². The van der Waals surface area contributed by atoms with Crippen molar-refractivity contribution in [3.8, 4) is 0 Å². The van der Waals surface area contributed by atoms with Crippen LogP contribution < -0.4 is 4.90 Å². The zero-order chi connectivity index (χ0) is 18.5. The molecule has 6 nitrogen and oxygen atoms in total. The van der Waals surface area contributed by atoms with Gasteiger partial charge in [-0.15, -0.1) is 0 Å². The number of hydrogen-bond acceptors (Lipinski definition) is 5. The van der Waals surface area contributed by atoms with Crippen LogP contribution in [0.2, 0.25) is 0 Å². The van der Waals surface area contributed by atoms with Gasteiger partial charge in [0.15, 0.2) is 0 Å². The second-order valence-electron chi connectivity index (χ2n) is 6.08. The van der Waals surface area contributed by atoms with Crippen molar-refractivity contribution >= 4 is 15.9 Å². The number of unbranched alkanes of at least 4 members (excludes halogenated alkanes) is 1. The number of alkyl halides is 3. The molecule has 1 aromatic heterocycles. The molecule has 1 fully saturated rings. The Morgan fingerprint density at radius 1 is 1.12 bits per heavy atom. The van der Waals surface area contributed by atoms with E-state index in [0.717, 1.165) is 38.3 Å². The van der Waals surface area contributed by atoms with Crippen molar-refractivity contribution in [3.05, 3.63) is 23.9 Å². The summed E-state index contributed by atoms with van der Waals surface area (Å²) in [5, 5.41) is 0. The Morgan fingerprint density at radius 3 is 2.48 bits per heavy atom. The molecular weight excluding hydrogens is 359 g/mol. The third-order valence-corrected chi connectivity index (χ3v) is 4.92. The summed E-state index contributed by atoms with van der Waals surface area (Å²) in [4.78, 5) is 8.08. The van der Waals surface area contributed by atoms with E-state index in [1.165, 1.54) is 6.07 Å². The Balaban J connectivity index is 1.82. The topological polar surface area (TPSA) is 73.7 Å². The van der Waals surface area contributed by atoms with E-state index in [-0.39, 0.29) is 5.75 Å². The van der Waals surface area contributed by atoms with Crippen LogP contribution >= 0.6 is 0 Å². The summed E-state index contributed by atoms with van der Waals surface area (Å²) in [6, 6.07) is 2.44. The van der Waals surface area contributed by atoms with Gasteiger partial charge < -0.3 is 9.80 Å². The van der Waals surface area contributed by atoms with Crippen molar-refractivity contribution in [1.82, 2.24) is 9.88 Å². The lowest BCUT2D eigenvalue weighted by molar-refractivity contribution is -0.137.